The molecule has 0 aliphatic heterocycles. The Morgan fingerprint density at radius 2 is 1.93 bits per heavy atom. The minimum Gasteiger partial charge on any atom is -0.465 e. The summed E-state index contributed by atoms with van der Waals surface area (Å²) in [6.45, 7) is 2.02. The van der Waals surface area contributed by atoms with E-state index in [0.717, 1.165) is 24.1 Å². The van der Waals surface area contributed by atoms with Crippen LogP contribution in [-0.2, 0) is 14.3 Å². The molecule has 0 aromatic heterocycles. The second kappa shape index (κ2) is 9.18. The number of halogens is 2. The summed E-state index contributed by atoms with van der Waals surface area (Å²) in [7, 11) is 0. The van der Waals surface area contributed by atoms with Gasteiger partial charge in [-0.05, 0) is 82.3 Å². The average molecular weight is 587 g/mol. The summed E-state index contributed by atoms with van der Waals surface area (Å²) in [5, 5.41) is 3.38. The van der Waals surface area contributed by atoms with E-state index in [1.807, 2.05) is 42.5 Å². The molecule has 2 unspecified atom stereocenters. The molecule has 140 valence electrons. The van der Waals surface area contributed by atoms with Crippen molar-refractivity contribution < 1.29 is 14.3 Å². The number of rotatable bonds is 5. The Bertz CT molecular complexity index is 880. The van der Waals surface area contributed by atoms with Crippen molar-refractivity contribution in [1.29, 1.82) is 0 Å². The first-order valence-electron chi connectivity index (χ1n) is 8.67. The highest BCUT2D eigenvalue weighted by Crippen LogP contribution is 2.37. The van der Waals surface area contributed by atoms with Gasteiger partial charge < -0.3 is 10.1 Å². The molecule has 0 amide bonds. The van der Waals surface area contributed by atoms with E-state index in [0.29, 0.717) is 6.42 Å². The SMILES string of the molecule is CCOC(=O)C1C(=O)C=C(Nc2ccc(I)cc2I)CC1c1ccccc1. The zero-order chi connectivity index (χ0) is 19.4. The summed E-state index contributed by atoms with van der Waals surface area (Å²) >= 11 is 4.55. The zero-order valence-corrected chi connectivity index (χ0v) is 19.1. The molecule has 1 aliphatic carbocycles. The number of ether oxygens (including phenoxy) is 1. The van der Waals surface area contributed by atoms with E-state index < -0.39 is 11.9 Å². The van der Waals surface area contributed by atoms with E-state index in [9.17, 15) is 9.59 Å². The van der Waals surface area contributed by atoms with Crippen LogP contribution in [0.5, 0.6) is 0 Å². The van der Waals surface area contributed by atoms with Crippen LogP contribution in [0.4, 0.5) is 5.69 Å². The van der Waals surface area contributed by atoms with Crippen molar-refractivity contribution in [1.82, 2.24) is 0 Å². The molecule has 0 radical (unpaired) electrons. The number of anilines is 1. The molecular formula is C21H19I2NO3. The number of carbonyl (C=O) groups excluding carboxylic acids is 2. The van der Waals surface area contributed by atoms with Gasteiger partial charge in [-0.1, -0.05) is 30.3 Å². The summed E-state index contributed by atoms with van der Waals surface area (Å²) in [6, 6.07) is 15.8. The molecule has 4 nitrogen and oxygen atoms in total. The largest absolute Gasteiger partial charge is 0.465 e. The quantitative estimate of drug-likeness (QED) is 0.300. The van der Waals surface area contributed by atoms with E-state index in [2.05, 4.69) is 56.6 Å². The Balaban J connectivity index is 1.92. The van der Waals surface area contributed by atoms with Crippen LogP contribution in [0.1, 0.15) is 24.8 Å². The molecular weight excluding hydrogens is 568 g/mol. The van der Waals surface area contributed by atoms with Gasteiger partial charge >= 0.3 is 5.97 Å². The molecule has 2 atom stereocenters. The lowest BCUT2D eigenvalue weighted by atomic mass is 9.76. The third-order valence-electron chi connectivity index (χ3n) is 4.46. The van der Waals surface area contributed by atoms with E-state index in [1.165, 1.54) is 0 Å². The maximum Gasteiger partial charge on any atom is 0.317 e. The number of nitrogens with one attached hydrogen (secondary N) is 1. The first kappa shape index (κ1) is 20.3. The number of benzene rings is 2. The van der Waals surface area contributed by atoms with Crippen LogP contribution in [0.15, 0.2) is 60.3 Å². The van der Waals surface area contributed by atoms with Crippen molar-refractivity contribution in [2.75, 3.05) is 11.9 Å². The lowest BCUT2D eigenvalue weighted by molar-refractivity contribution is -0.151. The average Bonchev–Trinajstić information content (AvgIpc) is 2.64. The number of hydrogen-bond acceptors (Lipinski definition) is 4. The molecule has 1 aliphatic rings. The number of allylic oxidation sites excluding steroid dienone is 2. The Morgan fingerprint density at radius 1 is 1.19 bits per heavy atom. The minimum atomic E-state index is -0.798. The predicted molar refractivity (Wildman–Crippen MR) is 123 cm³/mol. The molecule has 0 fully saturated rings. The van der Waals surface area contributed by atoms with Gasteiger partial charge in [-0.2, -0.15) is 0 Å². The lowest BCUT2D eigenvalue weighted by Crippen LogP contribution is -2.35. The van der Waals surface area contributed by atoms with Gasteiger partial charge in [-0.25, -0.2) is 0 Å². The van der Waals surface area contributed by atoms with Gasteiger partial charge in [0.25, 0.3) is 0 Å². The Labute approximate surface area is 186 Å². The van der Waals surface area contributed by atoms with Gasteiger partial charge in [-0.15, -0.1) is 0 Å². The number of esters is 1. The Kier molecular flexibility index (Phi) is 6.91. The summed E-state index contributed by atoms with van der Waals surface area (Å²) in [4.78, 5) is 25.3. The monoisotopic (exact) mass is 587 g/mol. The maximum absolute atomic E-state index is 12.8. The highest BCUT2D eigenvalue weighted by molar-refractivity contribution is 14.1. The third kappa shape index (κ3) is 4.90. The van der Waals surface area contributed by atoms with E-state index >= 15 is 0 Å². The Hall–Kier alpha value is -1.42. The van der Waals surface area contributed by atoms with Gasteiger partial charge in [0.05, 0.1) is 12.3 Å². The Morgan fingerprint density at radius 3 is 2.59 bits per heavy atom. The molecule has 0 spiro atoms. The van der Waals surface area contributed by atoms with Gasteiger partial charge in [0.1, 0.15) is 5.92 Å². The summed E-state index contributed by atoms with van der Waals surface area (Å²) in [5.41, 5.74) is 2.73. The van der Waals surface area contributed by atoms with Crippen LogP contribution in [-0.4, -0.2) is 18.4 Å². The van der Waals surface area contributed by atoms with Crippen molar-refractivity contribution in [2.45, 2.75) is 19.3 Å². The van der Waals surface area contributed by atoms with E-state index in [-0.39, 0.29) is 18.3 Å². The standard InChI is InChI=1S/C21H19I2NO3/c1-2-27-21(26)20-16(13-6-4-3-5-7-13)11-15(12-19(20)25)24-18-9-8-14(22)10-17(18)23/h3-10,12,16,20,24H,2,11H2,1H3. The molecule has 0 saturated carbocycles. The van der Waals surface area contributed by atoms with Crippen LogP contribution in [0.25, 0.3) is 0 Å². The second-order valence-electron chi connectivity index (χ2n) is 6.27. The van der Waals surface area contributed by atoms with E-state index in [4.69, 9.17) is 4.74 Å². The molecule has 27 heavy (non-hydrogen) atoms. The van der Waals surface area contributed by atoms with Gasteiger partial charge in [0.2, 0.25) is 0 Å². The maximum atomic E-state index is 12.8. The fourth-order valence-corrected chi connectivity index (χ4v) is 4.98. The molecule has 2 aromatic carbocycles. The van der Waals surface area contributed by atoms with E-state index in [1.54, 1.807) is 13.0 Å². The van der Waals surface area contributed by atoms with Gasteiger partial charge in [0, 0.05) is 24.8 Å². The highest BCUT2D eigenvalue weighted by atomic mass is 127. The van der Waals surface area contributed by atoms with Crippen LogP contribution in [0, 0.1) is 13.1 Å². The van der Waals surface area contributed by atoms with Crippen molar-refractivity contribution in [3.63, 3.8) is 0 Å². The van der Waals surface area contributed by atoms with Crippen molar-refractivity contribution in [3.05, 3.63) is 73.0 Å². The molecule has 0 bridgehead atoms. The highest BCUT2D eigenvalue weighted by Gasteiger charge is 2.39. The summed E-state index contributed by atoms with van der Waals surface area (Å²) < 4.78 is 7.41. The summed E-state index contributed by atoms with van der Waals surface area (Å²) in [5.74, 6) is -1.70. The molecule has 0 heterocycles. The first-order valence-corrected chi connectivity index (χ1v) is 10.8. The number of hydrogen-bond donors (Lipinski definition) is 1. The number of ketones is 1. The van der Waals surface area contributed by atoms with Crippen LogP contribution < -0.4 is 5.32 Å². The molecule has 6 heteroatoms. The smallest absolute Gasteiger partial charge is 0.317 e. The first-order chi connectivity index (χ1) is 13.0. The molecule has 3 rings (SSSR count). The molecule has 0 saturated heterocycles. The normalized spacial score (nSPS) is 19.4. The van der Waals surface area contributed by atoms with Crippen molar-refractivity contribution in [2.24, 2.45) is 5.92 Å². The minimum absolute atomic E-state index is 0.212. The molecule has 2 aromatic rings. The second-order valence-corrected chi connectivity index (χ2v) is 8.68. The molecule has 1 N–H and O–H groups in total. The van der Waals surface area contributed by atoms with Crippen LogP contribution in [0.2, 0.25) is 0 Å². The third-order valence-corrected chi connectivity index (χ3v) is 6.02. The lowest BCUT2D eigenvalue weighted by Gasteiger charge is -2.30. The fourth-order valence-electron chi connectivity index (χ4n) is 3.25. The van der Waals surface area contributed by atoms with Crippen molar-refractivity contribution >= 4 is 62.6 Å². The van der Waals surface area contributed by atoms with Gasteiger partial charge in [0.15, 0.2) is 5.78 Å². The van der Waals surface area contributed by atoms with Crippen LogP contribution in [0.3, 0.4) is 0 Å². The van der Waals surface area contributed by atoms with Gasteiger partial charge in [-0.3, -0.25) is 9.59 Å². The predicted octanol–water partition coefficient (Wildman–Crippen LogP) is 5.13. The van der Waals surface area contributed by atoms with Crippen molar-refractivity contribution in [3.8, 4) is 0 Å². The fraction of sp³-hybridized carbons (Fsp3) is 0.238. The topological polar surface area (TPSA) is 55.4 Å². The van der Waals surface area contributed by atoms with Crippen LogP contribution >= 0.6 is 45.2 Å². The summed E-state index contributed by atoms with van der Waals surface area (Å²) in [6.07, 6.45) is 2.12. The number of carbonyl (C=O) groups is 2. The zero-order valence-electron chi connectivity index (χ0n) is 14.7.